The number of aryl methyl sites for hydroxylation is 1. The molecule has 2 aliphatic heterocycles. The van der Waals surface area contributed by atoms with Crippen molar-refractivity contribution >= 4 is 39.6 Å². The molecule has 2 saturated heterocycles. The van der Waals surface area contributed by atoms with Gasteiger partial charge in [0.2, 0.25) is 21.8 Å². The van der Waals surface area contributed by atoms with Crippen LogP contribution in [-0.2, 0) is 41.0 Å². The lowest BCUT2D eigenvalue weighted by Crippen LogP contribution is -2.51. The van der Waals surface area contributed by atoms with E-state index in [-0.39, 0.29) is 30.2 Å². The number of carboxylic acids is 1. The predicted octanol–water partition coefficient (Wildman–Crippen LogP) is 4.87. The molecule has 0 unspecified atom stereocenters. The van der Waals surface area contributed by atoms with Gasteiger partial charge < -0.3 is 25.4 Å². The zero-order chi connectivity index (χ0) is 37.0. The van der Waals surface area contributed by atoms with Gasteiger partial charge in [-0.25, -0.2) is 18.0 Å². The van der Waals surface area contributed by atoms with Crippen molar-refractivity contribution in [3.8, 4) is 0 Å². The Bertz CT molecular complexity index is 1830. The fraction of sp³-hybridized carbons (Fsp3) is 0.421. The topological polar surface area (TPSA) is 162 Å². The maximum Gasteiger partial charge on any atom is 0.410 e. The molecule has 3 aromatic carbocycles. The Kier molecular flexibility index (Phi) is 11.2. The van der Waals surface area contributed by atoms with Gasteiger partial charge in [0.15, 0.2) is 0 Å². The smallest absolute Gasteiger partial charge is 0.410 e. The third-order valence-electron chi connectivity index (χ3n) is 9.43. The Morgan fingerprint density at radius 1 is 0.922 bits per heavy atom. The van der Waals surface area contributed by atoms with Crippen LogP contribution in [0.3, 0.4) is 0 Å². The summed E-state index contributed by atoms with van der Waals surface area (Å²) in [4.78, 5) is 54.0. The highest BCUT2D eigenvalue weighted by Crippen LogP contribution is 2.37. The van der Waals surface area contributed by atoms with Crippen molar-refractivity contribution in [3.05, 3.63) is 95.6 Å². The molecule has 3 N–H and O–H groups in total. The molecule has 2 heterocycles. The number of ether oxygens (including phenoxy) is 1. The van der Waals surface area contributed by atoms with Gasteiger partial charge in [-0.15, -0.1) is 0 Å². The summed E-state index contributed by atoms with van der Waals surface area (Å²) in [6.07, 6.45) is 1.07. The fourth-order valence-corrected chi connectivity index (χ4v) is 8.27. The number of aliphatic carboxylic acids is 1. The number of piperidine rings is 1. The highest BCUT2D eigenvalue weighted by molar-refractivity contribution is 7.89. The number of carbonyl (C=O) groups is 4. The Morgan fingerprint density at radius 3 is 2.14 bits per heavy atom. The molecule has 5 rings (SSSR count). The number of likely N-dealkylation sites (tertiary alicyclic amines) is 1. The summed E-state index contributed by atoms with van der Waals surface area (Å²) in [5.74, 6) is -2.14. The van der Waals surface area contributed by atoms with Crippen LogP contribution in [0.2, 0.25) is 0 Å². The first-order chi connectivity index (χ1) is 24.1. The Balaban J connectivity index is 1.24. The second-order valence-electron chi connectivity index (χ2n) is 14.3. The van der Waals surface area contributed by atoms with E-state index < -0.39 is 51.1 Å². The number of nitrogens with one attached hydrogen (secondary N) is 2. The molecule has 0 aromatic heterocycles. The molecule has 13 heteroatoms. The Morgan fingerprint density at radius 2 is 1.55 bits per heavy atom. The van der Waals surface area contributed by atoms with E-state index in [1.54, 1.807) is 41.3 Å². The Labute approximate surface area is 299 Å². The van der Waals surface area contributed by atoms with Crippen molar-refractivity contribution in [2.45, 2.75) is 87.8 Å². The third kappa shape index (κ3) is 8.77. The van der Waals surface area contributed by atoms with Crippen LogP contribution in [0.5, 0.6) is 0 Å². The molecule has 0 bridgehead atoms. The summed E-state index contributed by atoms with van der Waals surface area (Å²) in [5.41, 5.74) is 1.32. The monoisotopic (exact) mass is 718 g/mol. The standard InChI is InChI=1S/C38H46N4O8S/c1-26-12-18-30(19-13-26)51(48,49)42-22-8-11-32(42)33(43)40-31(34(44)45)25-27-14-16-29(17-15-27)39-35(46)38(28-9-6-5-7-10-28)20-23-41(24-21-38)36(47)50-37(2,3)4/h5-7,9-10,12-19,31-32H,8,11,20-25H2,1-4H3,(H,39,46)(H,40,43)(H,44,45)/t31-,32-/m0/s1. The molecule has 3 aromatic rings. The van der Waals surface area contributed by atoms with Crippen LogP contribution in [-0.4, -0.2) is 83.9 Å². The number of hydrogen-bond acceptors (Lipinski definition) is 7. The summed E-state index contributed by atoms with van der Waals surface area (Å²) >= 11 is 0. The van der Waals surface area contributed by atoms with Gasteiger partial charge >= 0.3 is 12.1 Å². The summed E-state index contributed by atoms with van der Waals surface area (Å²) < 4.78 is 33.4. The molecule has 2 aliphatic rings. The Hall–Kier alpha value is -4.75. The number of nitrogens with zero attached hydrogens (tertiary/aromatic N) is 2. The fourth-order valence-electron chi connectivity index (χ4n) is 6.62. The number of sulfonamides is 1. The first-order valence-electron chi connectivity index (χ1n) is 17.1. The molecule has 51 heavy (non-hydrogen) atoms. The number of rotatable bonds is 10. The zero-order valence-corrected chi connectivity index (χ0v) is 30.2. The average molecular weight is 719 g/mol. The average Bonchev–Trinajstić information content (AvgIpc) is 3.60. The van der Waals surface area contributed by atoms with E-state index in [4.69, 9.17) is 4.74 Å². The number of hydrogen-bond donors (Lipinski definition) is 3. The first kappa shape index (κ1) is 37.5. The molecule has 3 amide bonds. The number of anilines is 1. The lowest BCUT2D eigenvalue weighted by atomic mass is 9.72. The molecule has 0 radical (unpaired) electrons. The quantitative estimate of drug-likeness (QED) is 0.268. The van der Waals surface area contributed by atoms with Gasteiger partial charge in [0, 0.05) is 31.7 Å². The van der Waals surface area contributed by atoms with Crippen LogP contribution in [0, 0.1) is 6.92 Å². The van der Waals surface area contributed by atoms with Gasteiger partial charge in [0.25, 0.3) is 0 Å². The van der Waals surface area contributed by atoms with Gasteiger partial charge in [-0.2, -0.15) is 4.31 Å². The van der Waals surface area contributed by atoms with E-state index in [0.717, 1.165) is 15.4 Å². The van der Waals surface area contributed by atoms with Crippen LogP contribution in [0.25, 0.3) is 0 Å². The van der Waals surface area contributed by atoms with Gasteiger partial charge in [-0.3, -0.25) is 9.59 Å². The first-order valence-corrected chi connectivity index (χ1v) is 18.6. The summed E-state index contributed by atoms with van der Waals surface area (Å²) in [5, 5.41) is 15.6. The third-order valence-corrected chi connectivity index (χ3v) is 11.4. The van der Waals surface area contributed by atoms with Crippen molar-refractivity contribution in [3.63, 3.8) is 0 Å². The second-order valence-corrected chi connectivity index (χ2v) is 16.1. The van der Waals surface area contributed by atoms with Crippen molar-refractivity contribution in [1.29, 1.82) is 0 Å². The predicted molar refractivity (Wildman–Crippen MR) is 192 cm³/mol. The lowest BCUT2D eigenvalue weighted by Gasteiger charge is -2.41. The van der Waals surface area contributed by atoms with Gasteiger partial charge in [-0.05, 0) is 88.8 Å². The maximum absolute atomic E-state index is 14.0. The van der Waals surface area contributed by atoms with Crippen LogP contribution in [0.15, 0.2) is 83.8 Å². The molecular weight excluding hydrogens is 673 g/mol. The summed E-state index contributed by atoms with van der Waals surface area (Å²) in [7, 11) is -3.96. The van der Waals surface area contributed by atoms with E-state index in [1.165, 1.54) is 12.1 Å². The van der Waals surface area contributed by atoms with Crippen LogP contribution in [0.1, 0.15) is 63.1 Å². The van der Waals surface area contributed by atoms with Gasteiger partial charge in [0.1, 0.15) is 17.7 Å². The van der Waals surface area contributed by atoms with Crippen LogP contribution < -0.4 is 10.6 Å². The minimum Gasteiger partial charge on any atom is -0.480 e. The van der Waals surface area contributed by atoms with Crippen LogP contribution >= 0.6 is 0 Å². The molecule has 0 spiro atoms. The van der Waals surface area contributed by atoms with E-state index in [0.29, 0.717) is 43.6 Å². The maximum atomic E-state index is 14.0. The normalized spacial score (nSPS) is 18.4. The SMILES string of the molecule is Cc1ccc(S(=O)(=O)N2CCC[C@H]2C(=O)N[C@@H](Cc2ccc(NC(=O)C3(c4ccccc4)CCN(C(=O)OC(C)(C)C)CC3)cc2)C(=O)O)cc1. The minimum atomic E-state index is -3.96. The lowest BCUT2D eigenvalue weighted by molar-refractivity contribution is -0.142. The number of amides is 3. The van der Waals surface area contributed by atoms with Gasteiger partial charge in [-0.1, -0.05) is 60.2 Å². The van der Waals surface area contributed by atoms with E-state index in [2.05, 4.69) is 10.6 Å². The van der Waals surface area contributed by atoms with E-state index >= 15 is 0 Å². The summed E-state index contributed by atoms with van der Waals surface area (Å²) in [6.45, 7) is 8.13. The number of carbonyl (C=O) groups excluding carboxylic acids is 3. The number of carboxylic acid groups (broad SMARTS) is 1. The molecular formula is C38H46N4O8S. The van der Waals surface area contributed by atoms with E-state index in [1.807, 2.05) is 58.0 Å². The molecule has 0 saturated carbocycles. The van der Waals surface area contributed by atoms with E-state index in [9.17, 15) is 32.7 Å². The number of benzene rings is 3. The zero-order valence-electron chi connectivity index (χ0n) is 29.4. The van der Waals surface area contributed by atoms with Crippen LogP contribution in [0.4, 0.5) is 10.5 Å². The minimum absolute atomic E-state index is 0.0544. The van der Waals surface area contributed by atoms with Gasteiger partial charge in [0.05, 0.1) is 10.3 Å². The summed E-state index contributed by atoms with van der Waals surface area (Å²) in [6, 6.07) is 20.2. The molecule has 12 nitrogen and oxygen atoms in total. The van der Waals surface area contributed by atoms with Crippen molar-refractivity contribution in [1.82, 2.24) is 14.5 Å². The van der Waals surface area contributed by atoms with Crippen molar-refractivity contribution in [2.75, 3.05) is 25.0 Å². The van der Waals surface area contributed by atoms with Crippen molar-refractivity contribution in [2.24, 2.45) is 0 Å². The molecule has 0 aliphatic carbocycles. The second kappa shape index (κ2) is 15.2. The highest BCUT2D eigenvalue weighted by atomic mass is 32.2. The molecule has 272 valence electrons. The molecule has 2 fully saturated rings. The molecule has 2 atom stereocenters. The largest absolute Gasteiger partial charge is 0.480 e. The van der Waals surface area contributed by atoms with Crippen molar-refractivity contribution < 1.29 is 37.4 Å². The highest BCUT2D eigenvalue weighted by Gasteiger charge is 2.44.